The van der Waals surface area contributed by atoms with Crippen molar-refractivity contribution in [3.05, 3.63) is 40.4 Å². The van der Waals surface area contributed by atoms with Crippen molar-refractivity contribution >= 4 is 15.9 Å². The highest BCUT2D eigenvalue weighted by Crippen LogP contribution is 2.24. The van der Waals surface area contributed by atoms with E-state index in [0.717, 1.165) is 34.7 Å². The number of hydrogen-bond acceptors (Lipinski definition) is 4. The van der Waals surface area contributed by atoms with Crippen LogP contribution in [0.15, 0.2) is 29.0 Å². The van der Waals surface area contributed by atoms with Crippen LogP contribution in [-0.2, 0) is 20.2 Å². The van der Waals surface area contributed by atoms with E-state index in [1.54, 1.807) is 6.33 Å². The standard InChI is InChI=1S/C15H21BrN4O/c1-11(2)7-17-8-12-6-13(16)4-5-14(12)21-9-15-19-18-10-20(15)3/h4-6,10-11,17H,7-9H2,1-3H3. The topological polar surface area (TPSA) is 52.0 Å². The molecule has 2 aromatic rings. The summed E-state index contributed by atoms with van der Waals surface area (Å²) in [7, 11) is 1.91. The third-order valence-corrected chi connectivity index (χ3v) is 3.55. The molecule has 0 aliphatic carbocycles. The maximum absolute atomic E-state index is 5.89. The number of nitrogens with one attached hydrogen (secondary N) is 1. The Hall–Kier alpha value is -1.40. The summed E-state index contributed by atoms with van der Waals surface area (Å²) in [6.07, 6.45) is 1.67. The molecule has 0 atom stereocenters. The minimum absolute atomic E-state index is 0.412. The molecule has 114 valence electrons. The van der Waals surface area contributed by atoms with Crippen LogP contribution >= 0.6 is 15.9 Å². The van der Waals surface area contributed by atoms with Gasteiger partial charge >= 0.3 is 0 Å². The molecule has 5 nitrogen and oxygen atoms in total. The molecule has 0 amide bonds. The minimum atomic E-state index is 0.412. The Morgan fingerprint density at radius 2 is 2.19 bits per heavy atom. The van der Waals surface area contributed by atoms with Gasteiger partial charge in [-0.3, -0.25) is 0 Å². The summed E-state index contributed by atoms with van der Waals surface area (Å²) < 4.78 is 8.80. The number of nitrogens with zero attached hydrogens (tertiary/aromatic N) is 3. The quantitative estimate of drug-likeness (QED) is 0.832. The molecule has 1 aromatic heterocycles. The molecule has 1 N–H and O–H groups in total. The number of hydrogen-bond donors (Lipinski definition) is 1. The van der Waals surface area contributed by atoms with Crippen LogP contribution in [0.2, 0.25) is 0 Å². The van der Waals surface area contributed by atoms with Gasteiger partial charge in [0, 0.05) is 23.6 Å². The summed E-state index contributed by atoms with van der Waals surface area (Å²) in [6, 6.07) is 6.05. The van der Waals surface area contributed by atoms with Crippen molar-refractivity contribution in [3.8, 4) is 5.75 Å². The highest BCUT2D eigenvalue weighted by molar-refractivity contribution is 9.10. The van der Waals surface area contributed by atoms with E-state index >= 15 is 0 Å². The van der Waals surface area contributed by atoms with Crippen LogP contribution in [0, 0.1) is 5.92 Å². The van der Waals surface area contributed by atoms with E-state index in [2.05, 4.69) is 51.4 Å². The Labute approximate surface area is 133 Å². The molecular weight excluding hydrogens is 332 g/mol. The summed E-state index contributed by atoms with van der Waals surface area (Å²) in [6.45, 7) is 6.56. The number of aryl methyl sites for hydroxylation is 1. The van der Waals surface area contributed by atoms with E-state index in [1.807, 2.05) is 23.7 Å². The van der Waals surface area contributed by atoms with Gasteiger partial charge in [0.2, 0.25) is 0 Å². The van der Waals surface area contributed by atoms with Crippen LogP contribution in [0.3, 0.4) is 0 Å². The van der Waals surface area contributed by atoms with Crippen molar-refractivity contribution in [2.24, 2.45) is 13.0 Å². The first-order chi connectivity index (χ1) is 10.1. The van der Waals surface area contributed by atoms with Gasteiger partial charge in [0.1, 0.15) is 18.7 Å². The molecular formula is C15H21BrN4O. The molecule has 0 unspecified atom stereocenters. The van der Waals surface area contributed by atoms with Gasteiger partial charge in [-0.05, 0) is 30.7 Å². The van der Waals surface area contributed by atoms with Gasteiger partial charge in [0.15, 0.2) is 5.82 Å². The fraction of sp³-hybridized carbons (Fsp3) is 0.467. The predicted octanol–water partition coefficient (Wildman–Crippen LogP) is 2.90. The Bertz CT molecular complexity index is 583. The van der Waals surface area contributed by atoms with Crippen LogP contribution in [-0.4, -0.2) is 21.3 Å². The maximum atomic E-state index is 5.89. The van der Waals surface area contributed by atoms with Gasteiger partial charge in [-0.2, -0.15) is 0 Å². The zero-order valence-corrected chi connectivity index (χ0v) is 14.2. The lowest BCUT2D eigenvalue weighted by Gasteiger charge is -2.13. The van der Waals surface area contributed by atoms with Crippen LogP contribution < -0.4 is 10.1 Å². The van der Waals surface area contributed by atoms with Gasteiger partial charge in [-0.25, -0.2) is 0 Å². The monoisotopic (exact) mass is 352 g/mol. The van der Waals surface area contributed by atoms with Crippen molar-refractivity contribution in [1.29, 1.82) is 0 Å². The van der Waals surface area contributed by atoms with E-state index in [-0.39, 0.29) is 0 Å². The molecule has 0 aliphatic rings. The van der Waals surface area contributed by atoms with Crippen LogP contribution in [0.4, 0.5) is 0 Å². The molecule has 0 aliphatic heterocycles. The number of halogens is 1. The normalized spacial score (nSPS) is 11.1. The van der Waals surface area contributed by atoms with Crippen molar-refractivity contribution in [1.82, 2.24) is 20.1 Å². The van der Waals surface area contributed by atoms with Crippen LogP contribution in [0.1, 0.15) is 25.2 Å². The molecule has 2 rings (SSSR count). The van der Waals surface area contributed by atoms with E-state index in [1.165, 1.54) is 0 Å². The molecule has 1 aromatic carbocycles. The van der Waals surface area contributed by atoms with E-state index in [4.69, 9.17) is 4.74 Å². The SMILES string of the molecule is CC(C)CNCc1cc(Br)ccc1OCc1nncn1C. The largest absolute Gasteiger partial charge is 0.485 e. The van der Waals surface area contributed by atoms with Crippen molar-refractivity contribution in [2.75, 3.05) is 6.54 Å². The average molecular weight is 353 g/mol. The van der Waals surface area contributed by atoms with Gasteiger partial charge in [-0.15, -0.1) is 10.2 Å². The molecule has 0 bridgehead atoms. The van der Waals surface area contributed by atoms with Crippen molar-refractivity contribution in [2.45, 2.75) is 27.0 Å². The second-order valence-corrected chi connectivity index (χ2v) is 6.34. The molecule has 0 saturated heterocycles. The summed E-state index contributed by atoms with van der Waals surface area (Å²) in [4.78, 5) is 0. The van der Waals surface area contributed by atoms with E-state index in [0.29, 0.717) is 12.5 Å². The molecule has 0 radical (unpaired) electrons. The van der Waals surface area contributed by atoms with Crippen molar-refractivity contribution < 1.29 is 4.74 Å². The lowest BCUT2D eigenvalue weighted by Crippen LogP contribution is -2.19. The Morgan fingerprint density at radius 3 is 2.86 bits per heavy atom. The maximum Gasteiger partial charge on any atom is 0.170 e. The molecule has 1 heterocycles. The number of rotatable bonds is 7. The summed E-state index contributed by atoms with van der Waals surface area (Å²) in [5.74, 6) is 2.30. The Balaban J connectivity index is 2.02. The zero-order chi connectivity index (χ0) is 15.2. The minimum Gasteiger partial charge on any atom is -0.485 e. The van der Waals surface area contributed by atoms with Gasteiger partial charge in [0.25, 0.3) is 0 Å². The smallest absolute Gasteiger partial charge is 0.170 e. The number of aromatic nitrogens is 3. The van der Waals surface area contributed by atoms with Crippen molar-refractivity contribution in [3.63, 3.8) is 0 Å². The second kappa shape index (κ2) is 7.56. The fourth-order valence-corrected chi connectivity index (χ4v) is 2.31. The predicted molar refractivity (Wildman–Crippen MR) is 86.0 cm³/mol. The third-order valence-electron chi connectivity index (χ3n) is 3.05. The summed E-state index contributed by atoms with van der Waals surface area (Å²) in [5.41, 5.74) is 1.13. The number of ether oxygens (including phenoxy) is 1. The molecule has 6 heteroatoms. The van der Waals surface area contributed by atoms with Crippen LogP contribution in [0.5, 0.6) is 5.75 Å². The van der Waals surface area contributed by atoms with Crippen LogP contribution in [0.25, 0.3) is 0 Å². The molecule has 21 heavy (non-hydrogen) atoms. The first-order valence-electron chi connectivity index (χ1n) is 7.01. The Kier molecular flexibility index (Phi) is 5.76. The highest BCUT2D eigenvalue weighted by atomic mass is 79.9. The molecule has 0 saturated carbocycles. The zero-order valence-electron chi connectivity index (χ0n) is 12.6. The number of benzene rings is 1. The Morgan fingerprint density at radius 1 is 1.38 bits per heavy atom. The fourth-order valence-electron chi connectivity index (χ4n) is 1.90. The lowest BCUT2D eigenvalue weighted by atomic mass is 10.2. The van der Waals surface area contributed by atoms with E-state index in [9.17, 15) is 0 Å². The first kappa shape index (κ1) is 16.0. The summed E-state index contributed by atoms with van der Waals surface area (Å²) >= 11 is 3.51. The van der Waals surface area contributed by atoms with Gasteiger partial charge < -0.3 is 14.6 Å². The third kappa shape index (κ3) is 4.82. The van der Waals surface area contributed by atoms with Gasteiger partial charge in [0.05, 0.1) is 0 Å². The molecule has 0 fully saturated rings. The summed E-state index contributed by atoms with van der Waals surface area (Å²) in [5, 5.41) is 11.3. The lowest BCUT2D eigenvalue weighted by molar-refractivity contribution is 0.287. The second-order valence-electron chi connectivity index (χ2n) is 5.42. The highest BCUT2D eigenvalue weighted by Gasteiger charge is 2.07. The molecule has 0 spiro atoms. The first-order valence-corrected chi connectivity index (χ1v) is 7.80. The average Bonchev–Trinajstić information content (AvgIpc) is 2.83. The van der Waals surface area contributed by atoms with E-state index < -0.39 is 0 Å². The van der Waals surface area contributed by atoms with Gasteiger partial charge in [-0.1, -0.05) is 29.8 Å².